The first kappa shape index (κ1) is 17.8. The number of nitrogens with one attached hydrogen (secondary N) is 1. The van der Waals surface area contributed by atoms with Crippen LogP contribution in [-0.2, 0) is 13.2 Å². The highest BCUT2D eigenvalue weighted by molar-refractivity contribution is 5.96. The molecule has 0 aliphatic rings. The van der Waals surface area contributed by atoms with Crippen LogP contribution in [0.25, 0.3) is 10.9 Å². The maximum atomic E-state index is 9.27. The summed E-state index contributed by atoms with van der Waals surface area (Å²) >= 11 is 0. The van der Waals surface area contributed by atoms with Crippen LogP contribution in [0, 0.1) is 0 Å². The highest BCUT2D eigenvalue weighted by Crippen LogP contribution is 2.43. The molecule has 0 saturated carbocycles. The molecule has 0 aliphatic carbocycles. The van der Waals surface area contributed by atoms with Gasteiger partial charge in [0.15, 0.2) is 11.5 Å². The van der Waals surface area contributed by atoms with Crippen LogP contribution in [-0.4, -0.2) is 36.4 Å². The van der Waals surface area contributed by atoms with Gasteiger partial charge in [-0.3, -0.25) is 0 Å². The fourth-order valence-corrected chi connectivity index (χ4v) is 2.83. The van der Waals surface area contributed by atoms with Crippen molar-refractivity contribution in [2.75, 3.05) is 26.6 Å². The first-order valence-corrected chi connectivity index (χ1v) is 8.08. The number of hydrogen-bond acceptors (Lipinski definition) is 7. The molecule has 1 heterocycles. The smallest absolute Gasteiger partial charge is 0.205 e. The molecule has 0 amide bonds. The first-order valence-electron chi connectivity index (χ1n) is 8.08. The Morgan fingerprint density at radius 3 is 2.42 bits per heavy atom. The minimum absolute atomic E-state index is 0.0124. The molecule has 0 aliphatic heterocycles. The van der Waals surface area contributed by atoms with Gasteiger partial charge in [-0.05, 0) is 17.2 Å². The molecular weight excluding hydrogens is 334 g/mol. The SMILES string of the molecule is COc1cc2c(NCc3cccc(CO)c3)ncnc2c(OC)c1OC. The Balaban J connectivity index is 2.00. The van der Waals surface area contributed by atoms with Crippen molar-refractivity contribution < 1.29 is 19.3 Å². The van der Waals surface area contributed by atoms with Gasteiger partial charge in [-0.25, -0.2) is 9.97 Å². The number of rotatable bonds is 7. The zero-order valence-electron chi connectivity index (χ0n) is 14.9. The number of aromatic nitrogens is 2. The van der Waals surface area contributed by atoms with E-state index in [2.05, 4.69) is 15.3 Å². The molecule has 0 atom stereocenters. The topological polar surface area (TPSA) is 85.7 Å². The third-order valence-electron chi connectivity index (χ3n) is 4.07. The Morgan fingerprint density at radius 1 is 0.962 bits per heavy atom. The van der Waals surface area contributed by atoms with Crippen LogP contribution in [0.2, 0.25) is 0 Å². The Kier molecular flexibility index (Phi) is 5.38. The van der Waals surface area contributed by atoms with Gasteiger partial charge in [0.2, 0.25) is 5.75 Å². The lowest BCUT2D eigenvalue weighted by Gasteiger charge is -2.16. The van der Waals surface area contributed by atoms with Gasteiger partial charge in [0.05, 0.1) is 33.3 Å². The van der Waals surface area contributed by atoms with Gasteiger partial charge in [0.1, 0.15) is 17.7 Å². The highest BCUT2D eigenvalue weighted by atomic mass is 16.5. The summed E-state index contributed by atoms with van der Waals surface area (Å²) in [6.07, 6.45) is 1.48. The van der Waals surface area contributed by atoms with Crippen LogP contribution in [0.3, 0.4) is 0 Å². The molecule has 3 rings (SSSR count). The van der Waals surface area contributed by atoms with Crippen LogP contribution in [0.4, 0.5) is 5.82 Å². The number of anilines is 1. The lowest BCUT2D eigenvalue weighted by Crippen LogP contribution is -2.04. The Hall–Kier alpha value is -3.06. The van der Waals surface area contributed by atoms with Crippen molar-refractivity contribution in [1.29, 1.82) is 0 Å². The summed E-state index contributed by atoms with van der Waals surface area (Å²) in [6.45, 7) is 0.565. The van der Waals surface area contributed by atoms with Crippen molar-refractivity contribution in [2.24, 2.45) is 0 Å². The third kappa shape index (κ3) is 3.34. The van der Waals surface area contributed by atoms with E-state index in [0.717, 1.165) is 16.5 Å². The molecule has 7 heteroatoms. The zero-order chi connectivity index (χ0) is 18.5. The minimum atomic E-state index is 0.0124. The number of methoxy groups -OCH3 is 3. The molecule has 0 saturated heterocycles. The number of aliphatic hydroxyl groups excluding tert-OH is 1. The molecule has 0 fully saturated rings. The number of fused-ring (bicyclic) bond motifs is 1. The average molecular weight is 355 g/mol. The minimum Gasteiger partial charge on any atom is -0.493 e. The largest absolute Gasteiger partial charge is 0.493 e. The first-order chi connectivity index (χ1) is 12.7. The van der Waals surface area contributed by atoms with Crippen LogP contribution in [0.1, 0.15) is 11.1 Å². The molecule has 3 aromatic rings. The normalized spacial score (nSPS) is 10.6. The van der Waals surface area contributed by atoms with E-state index in [-0.39, 0.29) is 6.61 Å². The van der Waals surface area contributed by atoms with Gasteiger partial charge in [-0.15, -0.1) is 0 Å². The predicted molar refractivity (Wildman–Crippen MR) is 98.9 cm³/mol. The van der Waals surface area contributed by atoms with E-state index in [4.69, 9.17) is 14.2 Å². The zero-order valence-corrected chi connectivity index (χ0v) is 14.9. The highest BCUT2D eigenvalue weighted by Gasteiger charge is 2.19. The van der Waals surface area contributed by atoms with Crippen molar-refractivity contribution in [3.8, 4) is 17.2 Å². The fourth-order valence-electron chi connectivity index (χ4n) is 2.83. The van der Waals surface area contributed by atoms with Crippen molar-refractivity contribution >= 4 is 16.7 Å². The van der Waals surface area contributed by atoms with E-state index in [0.29, 0.717) is 35.1 Å². The van der Waals surface area contributed by atoms with Gasteiger partial charge in [-0.1, -0.05) is 24.3 Å². The van der Waals surface area contributed by atoms with Gasteiger partial charge in [0, 0.05) is 6.54 Å². The maximum Gasteiger partial charge on any atom is 0.205 e. The molecule has 0 radical (unpaired) electrons. The second kappa shape index (κ2) is 7.88. The lowest BCUT2D eigenvalue weighted by atomic mass is 10.1. The van der Waals surface area contributed by atoms with Gasteiger partial charge < -0.3 is 24.6 Å². The molecule has 26 heavy (non-hydrogen) atoms. The van der Waals surface area contributed by atoms with Gasteiger partial charge >= 0.3 is 0 Å². The molecule has 2 N–H and O–H groups in total. The summed E-state index contributed by atoms with van der Waals surface area (Å²) in [5, 5.41) is 13.3. The Morgan fingerprint density at radius 2 is 1.73 bits per heavy atom. The van der Waals surface area contributed by atoms with E-state index in [9.17, 15) is 5.11 Å². The molecular formula is C19H21N3O4. The predicted octanol–water partition coefficient (Wildman–Crippen LogP) is 2.76. The van der Waals surface area contributed by atoms with Crippen LogP contribution < -0.4 is 19.5 Å². The van der Waals surface area contributed by atoms with E-state index in [1.807, 2.05) is 30.3 Å². The molecule has 0 bridgehead atoms. The second-order valence-corrected chi connectivity index (χ2v) is 5.60. The number of benzene rings is 2. The van der Waals surface area contributed by atoms with E-state index >= 15 is 0 Å². The number of ether oxygens (including phenoxy) is 3. The standard InChI is InChI=1S/C19H21N3O4/c1-24-15-8-14-16(18(26-3)17(15)25-2)21-11-22-19(14)20-9-12-5-4-6-13(7-12)10-23/h4-8,11,23H,9-10H2,1-3H3,(H,20,21,22). The second-order valence-electron chi connectivity index (χ2n) is 5.60. The van der Waals surface area contributed by atoms with Gasteiger partial charge in [0.25, 0.3) is 0 Å². The summed E-state index contributed by atoms with van der Waals surface area (Å²) in [5.74, 6) is 2.18. The van der Waals surface area contributed by atoms with E-state index in [1.165, 1.54) is 6.33 Å². The summed E-state index contributed by atoms with van der Waals surface area (Å²) in [5.41, 5.74) is 2.53. The Bertz CT molecular complexity index is 915. The van der Waals surface area contributed by atoms with Crippen molar-refractivity contribution in [2.45, 2.75) is 13.2 Å². The fraction of sp³-hybridized carbons (Fsp3) is 0.263. The van der Waals surface area contributed by atoms with E-state index < -0.39 is 0 Å². The summed E-state index contributed by atoms with van der Waals surface area (Å²) in [7, 11) is 4.69. The maximum absolute atomic E-state index is 9.27. The van der Waals surface area contributed by atoms with Crippen LogP contribution >= 0.6 is 0 Å². The summed E-state index contributed by atoms with van der Waals surface area (Å²) in [6, 6.07) is 9.55. The molecule has 7 nitrogen and oxygen atoms in total. The third-order valence-corrected chi connectivity index (χ3v) is 4.07. The van der Waals surface area contributed by atoms with Crippen molar-refractivity contribution in [3.05, 3.63) is 47.8 Å². The number of nitrogens with zero attached hydrogens (tertiary/aromatic N) is 2. The molecule has 2 aromatic carbocycles. The molecule has 0 spiro atoms. The molecule has 1 aromatic heterocycles. The lowest BCUT2D eigenvalue weighted by molar-refractivity contribution is 0.281. The van der Waals surface area contributed by atoms with Crippen molar-refractivity contribution in [3.63, 3.8) is 0 Å². The Labute approximate surface area is 151 Å². The molecule has 0 unspecified atom stereocenters. The van der Waals surface area contributed by atoms with Crippen LogP contribution in [0.15, 0.2) is 36.7 Å². The quantitative estimate of drug-likeness (QED) is 0.674. The number of aliphatic hydroxyl groups is 1. The number of hydrogen-bond donors (Lipinski definition) is 2. The molecule has 136 valence electrons. The monoisotopic (exact) mass is 355 g/mol. The van der Waals surface area contributed by atoms with E-state index in [1.54, 1.807) is 21.3 Å². The van der Waals surface area contributed by atoms with Gasteiger partial charge in [-0.2, -0.15) is 0 Å². The average Bonchev–Trinajstić information content (AvgIpc) is 2.70. The van der Waals surface area contributed by atoms with Crippen molar-refractivity contribution in [1.82, 2.24) is 9.97 Å². The van der Waals surface area contributed by atoms with Crippen LogP contribution in [0.5, 0.6) is 17.2 Å². The summed E-state index contributed by atoms with van der Waals surface area (Å²) < 4.78 is 16.3. The summed E-state index contributed by atoms with van der Waals surface area (Å²) in [4.78, 5) is 8.68.